The van der Waals surface area contributed by atoms with Gasteiger partial charge in [-0.15, -0.1) is 0 Å². The van der Waals surface area contributed by atoms with E-state index in [2.05, 4.69) is 15.2 Å². The number of rotatable bonds is 7. The van der Waals surface area contributed by atoms with Gasteiger partial charge in [0.15, 0.2) is 6.61 Å². The summed E-state index contributed by atoms with van der Waals surface area (Å²) >= 11 is 0. The van der Waals surface area contributed by atoms with Crippen LogP contribution in [0.3, 0.4) is 0 Å². The molecule has 1 amide bonds. The maximum absolute atomic E-state index is 12.9. The van der Waals surface area contributed by atoms with E-state index in [1.807, 2.05) is 55.5 Å². The number of fused-ring (bicyclic) bond motifs is 1. The third kappa shape index (κ3) is 5.30. The number of carbonyl (C=O) groups is 2. The first-order chi connectivity index (χ1) is 16.1. The largest absolute Gasteiger partial charge is 0.452 e. The number of aryl methyl sites for hydroxylation is 1. The van der Waals surface area contributed by atoms with Crippen molar-refractivity contribution in [3.63, 3.8) is 0 Å². The van der Waals surface area contributed by atoms with E-state index < -0.39 is 18.5 Å². The molecule has 1 fully saturated rings. The standard InChI is InChI=1S/C25H27N3O5/c1-17-20-5-3-4-6-21(20)27-22(15-31-2)24(17)25(30)33-16-23(29)26-18-7-9-19(10-8-18)28-11-13-32-14-12-28/h3-10H,11-16H2,1-2H3,(H,26,29). The van der Waals surface area contributed by atoms with Crippen molar-refractivity contribution in [3.8, 4) is 0 Å². The second kappa shape index (κ2) is 10.4. The highest BCUT2D eigenvalue weighted by molar-refractivity contribution is 6.00. The van der Waals surface area contributed by atoms with Crippen molar-refractivity contribution in [1.82, 2.24) is 4.98 Å². The SMILES string of the molecule is COCc1nc2ccccc2c(C)c1C(=O)OCC(=O)Nc1ccc(N2CCOCC2)cc1. The molecule has 1 aliphatic rings. The summed E-state index contributed by atoms with van der Waals surface area (Å²) in [7, 11) is 1.54. The van der Waals surface area contributed by atoms with Crippen molar-refractivity contribution < 1.29 is 23.8 Å². The number of nitrogens with one attached hydrogen (secondary N) is 1. The molecular weight excluding hydrogens is 422 g/mol. The van der Waals surface area contributed by atoms with Gasteiger partial charge in [0.1, 0.15) is 0 Å². The number of pyridine rings is 1. The molecule has 0 spiro atoms. The summed E-state index contributed by atoms with van der Waals surface area (Å²) < 4.78 is 15.9. The van der Waals surface area contributed by atoms with Crippen LogP contribution < -0.4 is 10.2 Å². The van der Waals surface area contributed by atoms with E-state index in [9.17, 15) is 9.59 Å². The van der Waals surface area contributed by atoms with Gasteiger partial charge in [-0.2, -0.15) is 0 Å². The Morgan fingerprint density at radius 3 is 2.55 bits per heavy atom. The molecule has 8 nitrogen and oxygen atoms in total. The lowest BCUT2D eigenvalue weighted by Gasteiger charge is -2.28. The smallest absolute Gasteiger partial charge is 0.340 e. The minimum atomic E-state index is -0.601. The first-order valence-corrected chi connectivity index (χ1v) is 10.8. The van der Waals surface area contributed by atoms with Crippen LogP contribution in [-0.2, 0) is 25.6 Å². The van der Waals surface area contributed by atoms with E-state index in [0.717, 1.165) is 35.2 Å². The molecule has 2 aromatic carbocycles. The number of morpholine rings is 1. The molecule has 0 radical (unpaired) electrons. The number of amides is 1. The van der Waals surface area contributed by atoms with E-state index in [4.69, 9.17) is 14.2 Å². The molecule has 4 rings (SSSR count). The first kappa shape index (κ1) is 22.7. The van der Waals surface area contributed by atoms with Crippen molar-refractivity contribution in [3.05, 3.63) is 65.4 Å². The number of hydrogen-bond donors (Lipinski definition) is 1. The number of hydrogen-bond acceptors (Lipinski definition) is 7. The zero-order chi connectivity index (χ0) is 23.2. The van der Waals surface area contributed by atoms with Gasteiger partial charge < -0.3 is 24.4 Å². The molecular formula is C25H27N3O5. The Balaban J connectivity index is 1.40. The fourth-order valence-corrected chi connectivity index (χ4v) is 3.93. The molecule has 1 aliphatic heterocycles. The van der Waals surface area contributed by atoms with E-state index in [-0.39, 0.29) is 6.61 Å². The Labute approximate surface area is 192 Å². The van der Waals surface area contributed by atoms with Crippen LogP contribution in [0.4, 0.5) is 11.4 Å². The summed E-state index contributed by atoms with van der Waals surface area (Å²) in [5, 5.41) is 3.62. The molecule has 0 aliphatic carbocycles. The third-order valence-corrected chi connectivity index (χ3v) is 5.57. The predicted octanol–water partition coefficient (Wildman–Crippen LogP) is 3.32. The van der Waals surface area contributed by atoms with Gasteiger partial charge in [-0.25, -0.2) is 9.78 Å². The van der Waals surface area contributed by atoms with Gasteiger partial charge in [-0.1, -0.05) is 18.2 Å². The highest BCUT2D eigenvalue weighted by atomic mass is 16.5. The van der Waals surface area contributed by atoms with Gasteiger partial charge in [-0.05, 0) is 42.8 Å². The first-order valence-electron chi connectivity index (χ1n) is 10.8. The minimum absolute atomic E-state index is 0.164. The number of aromatic nitrogens is 1. The van der Waals surface area contributed by atoms with Gasteiger partial charge in [0, 0.05) is 37.0 Å². The average molecular weight is 450 g/mol. The summed E-state index contributed by atoms with van der Waals surface area (Å²) in [5.41, 5.74) is 4.05. The Morgan fingerprint density at radius 2 is 1.82 bits per heavy atom. The highest BCUT2D eigenvalue weighted by Gasteiger charge is 2.21. The lowest BCUT2D eigenvalue weighted by molar-refractivity contribution is -0.119. The summed E-state index contributed by atoms with van der Waals surface area (Å²) in [6.45, 7) is 4.71. The number of esters is 1. The Bertz CT molecular complexity index is 1140. The second-order valence-electron chi connectivity index (χ2n) is 7.78. The van der Waals surface area contributed by atoms with Gasteiger partial charge in [0.2, 0.25) is 0 Å². The fraction of sp³-hybridized carbons (Fsp3) is 0.320. The van der Waals surface area contributed by atoms with Gasteiger partial charge >= 0.3 is 5.97 Å². The van der Waals surface area contributed by atoms with Crippen molar-refractivity contribution >= 4 is 34.2 Å². The molecule has 8 heteroatoms. The van der Waals surface area contributed by atoms with E-state index in [1.165, 1.54) is 0 Å². The monoisotopic (exact) mass is 449 g/mol. The third-order valence-electron chi connectivity index (χ3n) is 5.57. The van der Waals surface area contributed by atoms with E-state index in [0.29, 0.717) is 30.2 Å². The van der Waals surface area contributed by atoms with Crippen LogP contribution in [0.15, 0.2) is 48.5 Å². The average Bonchev–Trinajstić information content (AvgIpc) is 2.84. The van der Waals surface area contributed by atoms with Crippen LogP contribution in [0.1, 0.15) is 21.6 Å². The molecule has 172 valence electrons. The maximum atomic E-state index is 12.9. The van der Waals surface area contributed by atoms with Crippen LogP contribution in [-0.4, -0.2) is 56.9 Å². The van der Waals surface area contributed by atoms with E-state index in [1.54, 1.807) is 7.11 Å². The fourth-order valence-electron chi connectivity index (χ4n) is 3.93. The second-order valence-corrected chi connectivity index (χ2v) is 7.78. The highest BCUT2D eigenvalue weighted by Crippen LogP contribution is 2.24. The Hall–Kier alpha value is -3.49. The van der Waals surface area contributed by atoms with Gasteiger partial charge in [0.05, 0.1) is 36.6 Å². The molecule has 0 saturated carbocycles. The summed E-state index contributed by atoms with van der Waals surface area (Å²) in [6.07, 6.45) is 0. The van der Waals surface area contributed by atoms with Crippen LogP contribution >= 0.6 is 0 Å². The summed E-state index contributed by atoms with van der Waals surface area (Å²) in [4.78, 5) is 32.0. The molecule has 3 aromatic rings. The van der Waals surface area contributed by atoms with Crippen LogP contribution in [0.25, 0.3) is 10.9 Å². The molecule has 2 heterocycles. The number of anilines is 2. The topological polar surface area (TPSA) is 90.0 Å². The number of para-hydroxylation sites is 1. The quantitative estimate of drug-likeness (QED) is 0.554. The maximum Gasteiger partial charge on any atom is 0.340 e. The predicted molar refractivity (Wildman–Crippen MR) is 126 cm³/mol. The number of nitrogens with zero attached hydrogens (tertiary/aromatic N) is 2. The summed E-state index contributed by atoms with van der Waals surface area (Å²) in [6, 6.07) is 15.1. The van der Waals surface area contributed by atoms with E-state index >= 15 is 0 Å². The molecule has 1 aromatic heterocycles. The van der Waals surface area contributed by atoms with Gasteiger partial charge in [-0.3, -0.25) is 4.79 Å². The zero-order valence-corrected chi connectivity index (χ0v) is 18.8. The van der Waals surface area contributed by atoms with Crippen molar-refractivity contribution in [2.24, 2.45) is 0 Å². The van der Waals surface area contributed by atoms with Crippen molar-refractivity contribution in [1.29, 1.82) is 0 Å². The molecule has 1 saturated heterocycles. The number of methoxy groups -OCH3 is 1. The number of ether oxygens (including phenoxy) is 3. The molecule has 0 atom stereocenters. The molecule has 0 unspecified atom stereocenters. The Kier molecular flexibility index (Phi) is 7.16. The number of benzene rings is 2. The van der Waals surface area contributed by atoms with Crippen LogP contribution in [0.2, 0.25) is 0 Å². The van der Waals surface area contributed by atoms with Gasteiger partial charge in [0.25, 0.3) is 5.91 Å². The normalized spacial score (nSPS) is 13.7. The van der Waals surface area contributed by atoms with Crippen molar-refractivity contribution in [2.45, 2.75) is 13.5 Å². The Morgan fingerprint density at radius 1 is 1.09 bits per heavy atom. The number of carbonyl (C=O) groups excluding carboxylic acids is 2. The molecule has 1 N–H and O–H groups in total. The zero-order valence-electron chi connectivity index (χ0n) is 18.8. The summed E-state index contributed by atoms with van der Waals surface area (Å²) in [5.74, 6) is -1.02. The van der Waals surface area contributed by atoms with Crippen molar-refractivity contribution in [2.75, 3.05) is 50.2 Å². The molecule has 33 heavy (non-hydrogen) atoms. The molecule has 0 bridgehead atoms. The lowest BCUT2D eigenvalue weighted by Crippen LogP contribution is -2.36. The lowest BCUT2D eigenvalue weighted by atomic mass is 10.0. The van der Waals surface area contributed by atoms with Crippen LogP contribution in [0, 0.1) is 6.92 Å². The minimum Gasteiger partial charge on any atom is -0.452 e. The van der Waals surface area contributed by atoms with Crippen LogP contribution in [0.5, 0.6) is 0 Å².